The fourth-order valence-corrected chi connectivity index (χ4v) is 2.62. The van der Waals surface area contributed by atoms with E-state index < -0.39 is 0 Å². The summed E-state index contributed by atoms with van der Waals surface area (Å²) in [5.74, 6) is 0. The van der Waals surface area contributed by atoms with Crippen molar-refractivity contribution in [2.75, 3.05) is 13.6 Å². The maximum Gasteiger partial charge on any atom is 0.125 e. The Morgan fingerprint density at radius 1 is 1.18 bits per heavy atom. The summed E-state index contributed by atoms with van der Waals surface area (Å²) < 4.78 is 0. The number of nitrogens with zero attached hydrogens (tertiary/aromatic N) is 1. The molecule has 62 valence electrons. The van der Waals surface area contributed by atoms with Gasteiger partial charge in [-0.05, 0) is 26.4 Å². The van der Waals surface area contributed by atoms with E-state index in [1.165, 1.54) is 52.1 Å². The van der Waals surface area contributed by atoms with E-state index in [1.54, 1.807) is 0 Å². The standard InChI is InChI=1S/C9H18BN/c1-11-6-4-2-3-5-9(11)7-10-8-9/h10H,2-8H2,1H3. The van der Waals surface area contributed by atoms with Crippen LogP contribution in [0.1, 0.15) is 25.7 Å². The highest BCUT2D eigenvalue weighted by Crippen LogP contribution is 2.39. The summed E-state index contributed by atoms with van der Waals surface area (Å²) in [7, 11) is 3.80. The molecule has 0 aromatic rings. The molecule has 0 aromatic carbocycles. The Morgan fingerprint density at radius 3 is 2.64 bits per heavy atom. The first kappa shape index (κ1) is 7.66. The van der Waals surface area contributed by atoms with E-state index in [0.29, 0.717) is 5.54 Å². The van der Waals surface area contributed by atoms with Gasteiger partial charge in [-0.3, -0.25) is 0 Å². The first-order valence-electron chi connectivity index (χ1n) is 5.05. The van der Waals surface area contributed by atoms with E-state index in [-0.39, 0.29) is 0 Å². The Hall–Kier alpha value is 0.0249. The van der Waals surface area contributed by atoms with Gasteiger partial charge in [-0.1, -0.05) is 25.5 Å². The van der Waals surface area contributed by atoms with Crippen LogP contribution in [0.4, 0.5) is 0 Å². The molecular formula is C9H18BN. The van der Waals surface area contributed by atoms with Gasteiger partial charge in [0.05, 0.1) is 0 Å². The van der Waals surface area contributed by atoms with Crippen molar-refractivity contribution in [1.29, 1.82) is 0 Å². The molecule has 0 saturated carbocycles. The van der Waals surface area contributed by atoms with Crippen LogP contribution in [-0.4, -0.2) is 31.3 Å². The third kappa shape index (κ3) is 1.22. The maximum atomic E-state index is 2.63. The first-order valence-corrected chi connectivity index (χ1v) is 5.05. The van der Waals surface area contributed by atoms with Crippen molar-refractivity contribution >= 4 is 7.28 Å². The highest BCUT2D eigenvalue weighted by atomic mass is 15.2. The van der Waals surface area contributed by atoms with Gasteiger partial charge < -0.3 is 4.90 Å². The van der Waals surface area contributed by atoms with Gasteiger partial charge in [0.2, 0.25) is 0 Å². The second-order valence-electron chi connectivity index (χ2n) is 4.31. The van der Waals surface area contributed by atoms with Gasteiger partial charge in [0.25, 0.3) is 0 Å². The summed E-state index contributed by atoms with van der Waals surface area (Å²) in [5, 5.41) is 0. The number of hydrogen-bond donors (Lipinski definition) is 0. The van der Waals surface area contributed by atoms with Gasteiger partial charge in [0.15, 0.2) is 0 Å². The molecule has 0 unspecified atom stereocenters. The van der Waals surface area contributed by atoms with Crippen LogP contribution in [0.25, 0.3) is 0 Å². The molecule has 2 aliphatic rings. The molecule has 0 amide bonds. The second kappa shape index (κ2) is 2.82. The molecule has 0 radical (unpaired) electrons. The molecule has 11 heavy (non-hydrogen) atoms. The third-order valence-corrected chi connectivity index (χ3v) is 3.73. The van der Waals surface area contributed by atoms with Crippen LogP contribution >= 0.6 is 0 Å². The zero-order valence-electron chi connectivity index (χ0n) is 7.60. The molecule has 0 bridgehead atoms. The fourth-order valence-electron chi connectivity index (χ4n) is 2.62. The second-order valence-corrected chi connectivity index (χ2v) is 4.31. The quantitative estimate of drug-likeness (QED) is 0.474. The molecule has 2 heteroatoms. The lowest BCUT2D eigenvalue weighted by atomic mass is 9.45. The Labute approximate surface area is 70.4 Å². The van der Waals surface area contributed by atoms with Gasteiger partial charge >= 0.3 is 0 Å². The maximum absolute atomic E-state index is 2.63. The first-order chi connectivity index (χ1) is 5.33. The summed E-state index contributed by atoms with van der Waals surface area (Å²) in [6.07, 6.45) is 8.80. The van der Waals surface area contributed by atoms with Crippen LogP contribution in [0.5, 0.6) is 0 Å². The molecule has 2 heterocycles. The number of hydrogen-bond acceptors (Lipinski definition) is 1. The topological polar surface area (TPSA) is 3.24 Å². The van der Waals surface area contributed by atoms with E-state index in [4.69, 9.17) is 0 Å². The predicted molar refractivity (Wildman–Crippen MR) is 50.6 cm³/mol. The Kier molecular flexibility index (Phi) is 1.96. The van der Waals surface area contributed by atoms with Crippen molar-refractivity contribution in [3.05, 3.63) is 0 Å². The molecule has 2 fully saturated rings. The van der Waals surface area contributed by atoms with Crippen molar-refractivity contribution in [1.82, 2.24) is 4.90 Å². The highest BCUT2D eigenvalue weighted by molar-refractivity contribution is 6.41. The van der Waals surface area contributed by atoms with Crippen LogP contribution in [0.2, 0.25) is 12.6 Å². The van der Waals surface area contributed by atoms with Gasteiger partial charge in [-0.25, -0.2) is 0 Å². The zero-order valence-corrected chi connectivity index (χ0v) is 7.60. The van der Waals surface area contributed by atoms with E-state index >= 15 is 0 Å². The number of likely N-dealkylation sites (tertiary alicyclic amines) is 1. The van der Waals surface area contributed by atoms with Crippen molar-refractivity contribution in [2.24, 2.45) is 0 Å². The predicted octanol–water partition coefficient (Wildman–Crippen LogP) is 1.52. The zero-order chi connectivity index (χ0) is 7.73. The molecule has 2 rings (SSSR count). The SMILES string of the molecule is CN1CCCCCC12CBC2. The smallest absolute Gasteiger partial charge is 0.125 e. The van der Waals surface area contributed by atoms with Crippen LogP contribution in [0.15, 0.2) is 0 Å². The Morgan fingerprint density at radius 2 is 2.00 bits per heavy atom. The summed E-state index contributed by atoms with van der Waals surface area (Å²) in [5.41, 5.74) is 0.677. The van der Waals surface area contributed by atoms with Gasteiger partial charge in [0.1, 0.15) is 7.28 Å². The molecule has 0 aromatic heterocycles. The molecule has 2 aliphatic heterocycles. The molecule has 0 aliphatic carbocycles. The average Bonchev–Trinajstić information content (AvgIpc) is 2.09. The molecule has 0 N–H and O–H groups in total. The van der Waals surface area contributed by atoms with Crippen molar-refractivity contribution in [3.63, 3.8) is 0 Å². The monoisotopic (exact) mass is 151 g/mol. The Balaban J connectivity index is 2.03. The summed E-state index contributed by atoms with van der Waals surface area (Å²) in [6, 6.07) is 0. The average molecular weight is 151 g/mol. The molecule has 2 saturated heterocycles. The lowest BCUT2D eigenvalue weighted by molar-refractivity contribution is 0.142. The minimum absolute atomic E-state index is 0.677. The van der Waals surface area contributed by atoms with Crippen molar-refractivity contribution in [3.8, 4) is 0 Å². The molecule has 0 atom stereocenters. The van der Waals surface area contributed by atoms with Crippen LogP contribution in [-0.2, 0) is 0 Å². The minimum atomic E-state index is 0.677. The fraction of sp³-hybridized carbons (Fsp3) is 1.00. The van der Waals surface area contributed by atoms with Gasteiger partial charge in [-0.2, -0.15) is 0 Å². The molecule has 1 nitrogen and oxygen atoms in total. The molecule has 1 spiro atoms. The van der Waals surface area contributed by atoms with Crippen LogP contribution in [0.3, 0.4) is 0 Å². The lowest BCUT2D eigenvalue weighted by Crippen LogP contribution is -2.53. The summed E-state index contributed by atoms with van der Waals surface area (Å²) in [6.45, 7) is 1.35. The Bertz CT molecular complexity index is 142. The van der Waals surface area contributed by atoms with Crippen LogP contribution < -0.4 is 0 Å². The van der Waals surface area contributed by atoms with E-state index in [0.717, 1.165) is 0 Å². The normalized spacial score (nSPS) is 30.6. The van der Waals surface area contributed by atoms with Crippen molar-refractivity contribution < 1.29 is 0 Å². The largest absolute Gasteiger partial charge is 0.302 e. The molecular weight excluding hydrogens is 133 g/mol. The number of rotatable bonds is 0. The van der Waals surface area contributed by atoms with Crippen LogP contribution in [0, 0.1) is 0 Å². The highest BCUT2D eigenvalue weighted by Gasteiger charge is 2.40. The minimum Gasteiger partial charge on any atom is -0.302 e. The third-order valence-electron chi connectivity index (χ3n) is 3.73. The van der Waals surface area contributed by atoms with Gasteiger partial charge in [-0.15, -0.1) is 0 Å². The van der Waals surface area contributed by atoms with E-state index in [2.05, 4.69) is 11.9 Å². The van der Waals surface area contributed by atoms with Crippen molar-refractivity contribution in [2.45, 2.75) is 43.9 Å². The van der Waals surface area contributed by atoms with E-state index in [1.807, 2.05) is 0 Å². The summed E-state index contributed by atoms with van der Waals surface area (Å²) >= 11 is 0. The van der Waals surface area contributed by atoms with Gasteiger partial charge in [0, 0.05) is 5.54 Å². The summed E-state index contributed by atoms with van der Waals surface area (Å²) in [4.78, 5) is 2.63. The lowest BCUT2D eigenvalue weighted by Gasteiger charge is -2.48. The van der Waals surface area contributed by atoms with E-state index in [9.17, 15) is 0 Å².